The first-order chi connectivity index (χ1) is 12.9. The summed E-state index contributed by atoms with van der Waals surface area (Å²) in [6.45, 7) is 6.61. The van der Waals surface area contributed by atoms with E-state index < -0.39 is 0 Å². The summed E-state index contributed by atoms with van der Waals surface area (Å²) in [5, 5.41) is 9.41. The summed E-state index contributed by atoms with van der Waals surface area (Å²) >= 11 is 0. The van der Waals surface area contributed by atoms with Gasteiger partial charge in [0.25, 0.3) is 11.5 Å². The third kappa shape index (κ3) is 4.77. The number of pyridine rings is 1. The highest BCUT2D eigenvalue weighted by Gasteiger charge is 2.21. The van der Waals surface area contributed by atoms with Gasteiger partial charge in [-0.25, -0.2) is 0 Å². The first kappa shape index (κ1) is 20.7. The summed E-state index contributed by atoms with van der Waals surface area (Å²) in [5.41, 5.74) is 2.51. The van der Waals surface area contributed by atoms with Gasteiger partial charge in [-0.2, -0.15) is 0 Å². The van der Waals surface area contributed by atoms with Gasteiger partial charge in [0.05, 0.1) is 13.2 Å². The van der Waals surface area contributed by atoms with Crippen molar-refractivity contribution >= 4 is 5.91 Å². The van der Waals surface area contributed by atoms with Crippen molar-refractivity contribution in [3.8, 4) is 5.75 Å². The molecule has 2 rings (SSSR count). The van der Waals surface area contributed by atoms with E-state index in [4.69, 9.17) is 4.74 Å². The molecule has 2 aromatic rings. The number of aliphatic hydroxyl groups excluding tert-OH is 1. The van der Waals surface area contributed by atoms with Crippen LogP contribution in [-0.4, -0.2) is 40.2 Å². The van der Waals surface area contributed by atoms with Gasteiger partial charge in [0.2, 0.25) is 0 Å². The maximum atomic E-state index is 13.0. The van der Waals surface area contributed by atoms with Gasteiger partial charge in [-0.15, -0.1) is 0 Å². The number of hydrogen-bond donors (Lipinski definition) is 1. The Morgan fingerprint density at radius 1 is 1.26 bits per heavy atom. The lowest BCUT2D eigenvalue weighted by molar-refractivity contribution is 0.0705. The van der Waals surface area contributed by atoms with Crippen molar-refractivity contribution in [2.45, 2.75) is 33.7 Å². The van der Waals surface area contributed by atoms with E-state index in [0.29, 0.717) is 6.61 Å². The molecule has 0 fully saturated rings. The van der Waals surface area contributed by atoms with E-state index in [-0.39, 0.29) is 36.7 Å². The van der Waals surface area contributed by atoms with Crippen molar-refractivity contribution in [1.29, 1.82) is 0 Å². The van der Waals surface area contributed by atoms with Crippen LogP contribution in [0.4, 0.5) is 0 Å². The number of hydrogen-bond acceptors (Lipinski definition) is 4. The zero-order valence-corrected chi connectivity index (χ0v) is 16.5. The molecule has 1 amide bonds. The van der Waals surface area contributed by atoms with Crippen molar-refractivity contribution in [3.63, 3.8) is 0 Å². The SMILES string of the molecule is CCOc1cccc(CN(CCO)C(=O)c2cc(C)c(CC)n(C)c2=O)c1. The predicted octanol–water partition coefficient (Wildman–Crippen LogP) is 2.29. The van der Waals surface area contributed by atoms with Crippen LogP contribution in [0.5, 0.6) is 5.75 Å². The number of rotatable bonds is 8. The Morgan fingerprint density at radius 3 is 2.63 bits per heavy atom. The van der Waals surface area contributed by atoms with E-state index >= 15 is 0 Å². The minimum absolute atomic E-state index is 0.126. The van der Waals surface area contributed by atoms with Crippen LogP contribution in [0.1, 0.15) is 41.0 Å². The quantitative estimate of drug-likeness (QED) is 0.772. The van der Waals surface area contributed by atoms with E-state index in [2.05, 4.69) is 0 Å². The van der Waals surface area contributed by atoms with Gasteiger partial charge in [0.1, 0.15) is 11.3 Å². The average molecular weight is 372 g/mol. The molecule has 1 N–H and O–H groups in total. The van der Waals surface area contributed by atoms with Crippen LogP contribution in [0.2, 0.25) is 0 Å². The number of nitrogens with zero attached hydrogens (tertiary/aromatic N) is 2. The molecule has 0 aliphatic heterocycles. The second-order valence-electron chi connectivity index (χ2n) is 6.44. The Kier molecular flexibility index (Phi) is 7.19. The molecular formula is C21H28N2O4. The molecule has 146 valence electrons. The summed E-state index contributed by atoms with van der Waals surface area (Å²) in [4.78, 5) is 27.2. The fourth-order valence-corrected chi connectivity index (χ4v) is 3.26. The molecule has 0 aliphatic rings. The van der Waals surface area contributed by atoms with Crippen molar-refractivity contribution in [2.75, 3.05) is 19.8 Å². The van der Waals surface area contributed by atoms with Gasteiger partial charge >= 0.3 is 0 Å². The second-order valence-corrected chi connectivity index (χ2v) is 6.44. The van der Waals surface area contributed by atoms with E-state index in [9.17, 15) is 14.7 Å². The largest absolute Gasteiger partial charge is 0.494 e. The molecule has 6 heteroatoms. The zero-order valence-electron chi connectivity index (χ0n) is 16.5. The predicted molar refractivity (Wildman–Crippen MR) is 105 cm³/mol. The number of amides is 1. The van der Waals surface area contributed by atoms with Gasteiger partial charge in [-0.1, -0.05) is 19.1 Å². The van der Waals surface area contributed by atoms with Crippen LogP contribution in [0, 0.1) is 6.92 Å². The van der Waals surface area contributed by atoms with Gasteiger partial charge in [0, 0.05) is 25.8 Å². The smallest absolute Gasteiger partial charge is 0.263 e. The summed E-state index contributed by atoms with van der Waals surface area (Å²) in [7, 11) is 1.69. The van der Waals surface area contributed by atoms with Crippen molar-refractivity contribution in [2.24, 2.45) is 7.05 Å². The maximum absolute atomic E-state index is 13.0. The molecule has 0 radical (unpaired) electrons. The summed E-state index contributed by atoms with van der Waals surface area (Å²) in [5.74, 6) is 0.350. The fraction of sp³-hybridized carbons (Fsp3) is 0.429. The summed E-state index contributed by atoms with van der Waals surface area (Å²) in [6.07, 6.45) is 0.719. The first-order valence-electron chi connectivity index (χ1n) is 9.24. The van der Waals surface area contributed by atoms with Crippen LogP contribution in [-0.2, 0) is 20.0 Å². The molecule has 0 spiro atoms. The zero-order chi connectivity index (χ0) is 20.0. The maximum Gasteiger partial charge on any atom is 0.263 e. The number of aliphatic hydroxyl groups is 1. The molecule has 0 saturated carbocycles. The first-order valence-corrected chi connectivity index (χ1v) is 9.24. The fourth-order valence-electron chi connectivity index (χ4n) is 3.26. The lowest BCUT2D eigenvalue weighted by atomic mass is 10.1. The second kappa shape index (κ2) is 9.37. The Labute approximate surface area is 160 Å². The van der Waals surface area contributed by atoms with Gasteiger partial charge in [-0.3, -0.25) is 9.59 Å². The summed E-state index contributed by atoms with van der Waals surface area (Å²) in [6, 6.07) is 9.13. The van der Waals surface area contributed by atoms with Crippen LogP contribution in [0.25, 0.3) is 0 Å². The van der Waals surface area contributed by atoms with E-state index in [1.165, 1.54) is 9.47 Å². The third-order valence-corrected chi connectivity index (χ3v) is 4.56. The normalized spacial score (nSPS) is 10.7. The topological polar surface area (TPSA) is 71.8 Å². The molecule has 1 aromatic carbocycles. The van der Waals surface area contributed by atoms with Gasteiger partial charge in [0.15, 0.2) is 0 Å². The Morgan fingerprint density at radius 2 is 2.00 bits per heavy atom. The van der Waals surface area contributed by atoms with E-state index in [0.717, 1.165) is 29.0 Å². The minimum atomic E-state index is -0.378. The Balaban J connectivity index is 2.35. The third-order valence-electron chi connectivity index (χ3n) is 4.56. The van der Waals surface area contributed by atoms with Crippen LogP contribution < -0.4 is 10.3 Å². The molecule has 0 unspecified atom stereocenters. The van der Waals surface area contributed by atoms with Crippen molar-refractivity contribution in [3.05, 3.63) is 63.1 Å². The van der Waals surface area contributed by atoms with Crippen molar-refractivity contribution < 1.29 is 14.6 Å². The molecular weight excluding hydrogens is 344 g/mol. The highest BCUT2D eigenvalue weighted by atomic mass is 16.5. The van der Waals surface area contributed by atoms with Crippen LogP contribution >= 0.6 is 0 Å². The molecule has 6 nitrogen and oxygen atoms in total. The van der Waals surface area contributed by atoms with Crippen LogP contribution in [0.15, 0.2) is 35.1 Å². The molecule has 0 atom stereocenters. The number of carbonyl (C=O) groups is 1. The molecule has 27 heavy (non-hydrogen) atoms. The minimum Gasteiger partial charge on any atom is -0.494 e. The number of benzene rings is 1. The van der Waals surface area contributed by atoms with E-state index in [1.807, 2.05) is 45.0 Å². The highest BCUT2D eigenvalue weighted by molar-refractivity contribution is 5.94. The molecule has 1 heterocycles. The van der Waals surface area contributed by atoms with Gasteiger partial charge in [-0.05, 0) is 49.6 Å². The Bertz CT molecular complexity index is 858. The number of aromatic nitrogens is 1. The highest BCUT2D eigenvalue weighted by Crippen LogP contribution is 2.16. The number of ether oxygens (including phenoxy) is 1. The lowest BCUT2D eigenvalue weighted by Crippen LogP contribution is -2.38. The number of carbonyl (C=O) groups excluding carboxylic acids is 1. The Hall–Kier alpha value is -2.60. The summed E-state index contributed by atoms with van der Waals surface area (Å²) < 4.78 is 7.04. The van der Waals surface area contributed by atoms with Crippen LogP contribution in [0.3, 0.4) is 0 Å². The lowest BCUT2D eigenvalue weighted by Gasteiger charge is -2.23. The number of aryl methyl sites for hydroxylation is 1. The monoisotopic (exact) mass is 372 g/mol. The molecule has 0 saturated heterocycles. The van der Waals surface area contributed by atoms with E-state index in [1.54, 1.807) is 13.1 Å². The van der Waals surface area contributed by atoms with Gasteiger partial charge < -0.3 is 19.3 Å². The molecule has 0 aliphatic carbocycles. The average Bonchev–Trinajstić information content (AvgIpc) is 2.65. The molecule has 0 bridgehead atoms. The van der Waals surface area contributed by atoms with Crippen molar-refractivity contribution in [1.82, 2.24) is 9.47 Å². The standard InChI is InChI=1S/C21H28N2O4/c1-5-19-15(3)12-18(20(25)22(19)4)21(26)23(10-11-24)14-16-8-7-9-17(13-16)27-6-2/h7-9,12-13,24H,5-6,10-11,14H2,1-4H3. The molecule has 1 aromatic heterocycles.